The van der Waals surface area contributed by atoms with Crippen molar-refractivity contribution in [3.63, 3.8) is 0 Å². The average Bonchev–Trinajstić information content (AvgIpc) is 3.37. The van der Waals surface area contributed by atoms with E-state index in [0.29, 0.717) is 35.0 Å². The van der Waals surface area contributed by atoms with E-state index in [1.54, 1.807) is 36.7 Å². The van der Waals surface area contributed by atoms with Gasteiger partial charge in [0.15, 0.2) is 0 Å². The Hall–Kier alpha value is -4.47. The number of ether oxygens (including phenoxy) is 1. The van der Waals surface area contributed by atoms with E-state index in [-0.39, 0.29) is 23.5 Å². The smallest absolute Gasteiger partial charge is 0.410 e. The van der Waals surface area contributed by atoms with Gasteiger partial charge in [0, 0.05) is 36.3 Å². The van der Waals surface area contributed by atoms with Crippen molar-refractivity contribution in [2.45, 2.75) is 51.7 Å². The van der Waals surface area contributed by atoms with Gasteiger partial charge >= 0.3 is 6.09 Å². The lowest BCUT2D eigenvalue weighted by molar-refractivity contribution is 0.0211. The predicted molar refractivity (Wildman–Crippen MR) is 147 cm³/mol. The molecule has 4 aromatic rings. The maximum Gasteiger partial charge on any atom is 0.410 e. The lowest BCUT2D eigenvalue weighted by Gasteiger charge is -2.28. The molecule has 2 aliphatic rings. The first-order valence-electron chi connectivity index (χ1n) is 13.1. The SMILES string of the molecule is CC(C)(C)OC(=O)N1CC2(CC2)CC1c1nc(-c2ccc(C(=O)Nc3ccccn3)cc2)c2c(N)nccn12. The summed E-state index contributed by atoms with van der Waals surface area (Å²) in [5.41, 5.74) is 8.48. The van der Waals surface area contributed by atoms with E-state index in [4.69, 9.17) is 15.5 Å². The van der Waals surface area contributed by atoms with Crippen molar-refractivity contribution in [1.29, 1.82) is 0 Å². The van der Waals surface area contributed by atoms with Gasteiger partial charge in [0.1, 0.15) is 34.3 Å². The molecule has 1 unspecified atom stereocenters. The Bertz CT molecular complexity index is 1550. The van der Waals surface area contributed by atoms with Gasteiger partial charge in [-0.2, -0.15) is 0 Å². The van der Waals surface area contributed by atoms with Crippen molar-refractivity contribution in [2.75, 3.05) is 17.6 Å². The highest BCUT2D eigenvalue weighted by Gasteiger charge is 2.55. The minimum Gasteiger partial charge on any atom is -0.444 e. The molecule has 200 valence electrons. The Labute approximate surface area is 226 Å². The molecule has 10 nitrogen and oxygen atoms in total. The largest absolute Gasteiger partial charge is 0.444 e. The normalized spacial score (nSPS) is 17.9. The first kappa shape index (κ1) is 24.8. The molecule has 1 atom stereocenters. The molecule has 3 N–H and O–H groups in total. The number of nitrogens with one attached hydrogen (secondary N) is 1. The van der Waals surface area contributed by atoms with Crippen molar-refractivity contribution >= 4 is 29.2 Å². The first-order valence-corrected chi connectivity index (χ1v) is 13.1. The number of imidazole rings is 1. The summed E-state index contributed by atoms with van der Waals surface area (Å²) >= 11 is 0. The summed E-state index contributed by atoms with van der Waals surface area (Å²) in [4.78, 5) is 41.3. The Morgan fingerprint density at radius 1 is 1.08 bits per heavy atom. The number of likely N-dealkylation sites (tertiary alicyclic amines) is 1. The van der Waals surface area contributed by atoms with Crippen LogP contribution in [0.4, 0.5) is 16.4 Å². The molecule has 0 bridgehead atoms. The van der Waals surface area contributed by atoms with Crippen molar-refractivity contribution in [2.24, 2.45) is 5.41 Å². The summed E-state index contributed by atoms with van der Waals surface area (Å²) in [6, 6.07) is 12.2. The lowest BCUT2D eigenvalue weighted by Crippen LogP contribution is -2.37. The zero-order valence-corrected chi connectivity index (χ0v) is 22.2. The molecule has 2 amide bonds. The maximum absolute atomic E-state index is 13.3. The van der Waals surface area contributed by atoms with Crippen LogP contribution in [0.15, 0.2) is 61.1 Å². The van der Waals surface area contributed by atoms with Crippen LogP contribution in [-0.2, 0) is 4.74 Å². The van der Waals surface area contributed by atoms with Crippen LogP contribution in [0.3, 0.4) is 0 Å². The lowest BCUT2D eigenvalue weighted by atomic mass is 10.0. The number of rotatable bonds is 4. The second kappa shape index (κ2) is 9.07. The molecular weight excluding hydrogens is 494 g/mol. The van der Waals surface area contributed by atoms with Crippen LogP contribution >= 0.6 is 0 Å². The highest BCUT2D eigenvalue weighted by Crippen LogP contribution is 2.58. The van der Waals surface area contributed by atoms with Crippen LogP contribution in [0.5, 0.6) is 0 Å². The minimum absolute atomic E-state index is 0.120. The zero-order chi connectivity index (χ0) is 27.4. The molecule has 1 aliphatic heterocycles. The monoisotopic (exact) mass is 525 g/mol. The number of benzene rings is 1. The standard InChI is InChI=1S/C29H31N7O3/c1-28(2,3)39-27(38)36-17-29(11-12-29)16-20(36)25-34-22(23-24(30)32-14-15-35(23)25)18-7-9-19(10-8-18)26(37)33-21-6-4-5-13-31-21/h4-10,13-15,20H,11-12,16-17H2,1-3H3,(H2,30,32)(H,31,33,37). The highest BCUT2D eigenvalue weighted by atomic mass is 16.6. The molecule has 1 spiro atoms. The van der Waals surface area contributed by atoms with E-state index in [9.17, 15) is 9.59 Å². The maximum atomic E-state index is 13.3. The van der Waals surface area contributed by atoms with Gasteiger partial charge in [-0.3, -0.25) is 14.1 Å². The molecule has 1 saturated carbocycles. The third-order valence-electron chi connectivity index (χ3n) is 7.33. The molecule has 3 aromatic heterocycles. The molecule has 2 fully saturated rings. The Balaban J connectivity index is 1.35. The Morgan fingerprint density at radius 2 is 1.85 bits per heavy atom. The van der Waals surface area contributed by atoms with Gasteiger partial charge in [-0.05, 0) is 69.7 Å². The van der Waals surface area contributed by atoms with Gasteiger partial charge in [0.25, 0.3) is 5.91 Å². The molecular formula is C29H31N7O3. The molecule has 39 heavy (non-hydrogen) atoms. The number of aromatic nitrogens is 4. The van der Waals surface area contributed by atoms with Gasteiger partial charge in [0.05, 0.1) is 6.04 Å². The molecule has 1 aliphatic carbocycles. The van der Waals surface area contributed by atoms with Crippen LogP contribution in [0, 0.1) is 5.41 Å². The van der Waals surface area contributed by atoms with Gasteiger partial charge < -0.3 is 15.8 Å². The molecule has 0 radical (unpaired) electrons. The second-order valence-corrected chi connectivity index (χ2v) is 11.4. The summed E-state index contributed by atoms with van der Waals surface area (Å²) in [6.45, 7) is 6.27. The summed E-state index contributed by atoms with van der Waals surface area (Å²) in [5, 5.41) is 2.79. The van der Waals surface area contributed by atoms with Gasteiger partial charge in [0.2, 0.25) is 0 Å². The molecule has 4 heterocycles. The fourth-order valence-corrected chi connectivity index (χ4v) is 5.27. The number of nitrogen functional groups attached to an aromatic ring is 1. The summed E-state index contributed by atoms with van der Waals surface area (Å²) < 4.78 is 7.70. The topological polar surface area (TPSA) is 128 Å². The minimum atomic E-state index is -0.598. The van der Waals surface area contributed by atoms with E-state index >= 15 is 0 Å². The Morgan fingerprint density at radius 3 is 2.51 bits per heavy atom. The summed E-state index contributed by atoms with van der Waals surface area (Å²) in [5.74, 6) is 1.28. The zero-order valence-electron chi connectivity index (χ0n) is 22.2. The van der Waals surface area contributed by atoms with Crippen LogP contribution in [0.2, 0.25) is 0 Å². The first-order chi connectivity index (χ1) is 18.6. The number of carbonyl (C=O) groups is 2. The Kier molecular flexibility index (Phi) is 5.78. The van der Waals surface area contributed by atoms with Crippen LogP contribution < -0.4 is 11.1 Å². The fraction of sp³-hybridized carbons (Fsp3) is 0.345. The van der Waals surface area contributed by atoms with Crippen LogP contribution in [0.25, 0.3) is 16.8 Å². The number of anilines is 2. The van der Waals surface area contributed by atoms with Crippen LogP contribution in [-0.4, -0.2) is 48.4 Å². The van der Waals surface area contributed by atoms with E-state index in [2.05, 4.69) is 15.3 Å². The molecule has 1 aromatic carbocycles. The number of nitrogens with zero attached hydrogens (tertiary/aromatic N) is 5. The summed E-state index contributed by atoms with van der Waals surface area (Å²) in [7, 11) is 0. The van der Waals surface area contributed by atoms with Gasteiger partial charge in [-0.15, -0.1) is 0 Å². The number of nitrogens with two attached hydrogens (primary N) is 1. The van der Waals surface area contributed by atoms with Crippen molar-refractivity contribution < 1.29 is 14.3 Å². The van der Waals surface area contributed by atoms with Gasteiger partial charge in [-0.25, -0.2) is 19.7 Å². The predicted octanol–water partition coefficient (Wildman–Crippen LogP) is 5.09. The fourth-order valence-electron chi connectivity index (χ4n) is 5.27. The van der Waals surface area contributed by atoms with E-state index in [1.165, 1.54) is 0 Å². The summed E-state index contributed by atoms with van der Waals surface area (Å²) in [6.07, 6.45) is 7.76. The molecule has 6 rings (SSSR count). The number of hydrogen-bond donors (Lipinski definition) is 2. The number of amides is 2. The number of pyridine rings is 1. The van der Waals surface area contributed by atoms with Crippen molar-refractivity contribution in [3.05, 3.63) is 72.4 Å². The quantitative estimate of drug-likeness (QED) is 0.380. The second-order valence-electron chi connectivity index (χ2n) is 11.4. The molecule has 1 saturated heterocycles. The number of fused-ring (bicyclic) bond motifs is 1. The third-order valence-corrected chi connectivity index (χ3v) is 7.33. The third kappa shape index (κ3) is 4.78. The van der Waals surface area contributed by atoms with Crippen molar-refractivity contribution in [1.82, 2.24) is 24.3 Å². The van der Waals surface area contributed by atoms with E-state index in [1.807, 2.05) is 54.5 Å². The number of carbonyl (C=O) groups excluding carboxylic acids is 2. The van der Waals surface area contributed by atoms with Crippen LogP contribution in [0.1, 0.15) is 62.3 Å². The molecule has 10 heteroatoms. The average molecular weight is 526 g/mol. The number of hydrogen-bond acceptors (Lipinski definition) is 7. The van der Waals surface area contributed by atoms with E-state index in [0.717, 1.165) is 30.7 Å². The highest BCUT2D eigenvalue weighted by molar-refractivity contribution is 6.04. The van der Waals surface area contributed by atoms with Crippen molar-refractivity contribution in [3.8, 4) is 11.3 Å². The van der Waals surface area contributed by atoms with E-state index < -0.39 is 5.60 Å². The van der Waals surface area contributed by atoms with Gasteiger partial charge in [-0.1, -0.05) is 18.2 Å².